The molecule has 7 nitrogen and oxygen atoms in total. The van der Waals surface area contributed by atoms with Crippen molar-refractivity contribution in [3.63, 3.8) is 0 Å². The smallest absolute Gasteiger partial charge is 0.326 e. The maximum Gasteiger partial charge on any atom is 0.326 e. The lowest BCUT2D eigenvalue weighted by atomic mass is 10.2. The van der Waals surface area contributed by atoms with Gasteiger partial charge in [0.1, 0.15) is 6.04 Å². The van der Waals surface area contributed by atoms with E-state index in [0.29, 0.717) is 6.54 Å². The van der Waals surface area contributed by atoms with E-state index < -0.39 is 24.1 Å². The molecule has 7 heteroatoms. The highest BCUT2D eigenvalue weighted by atomic mass is 16.4. The van der Waals surface area contributed by atoms with Crippen LogP contribution in [0.25, 0.3) is 0 Å². The highest BCUT2D eigenvalue weighted by Crippen LogP contribution is 2.17. The predicted molar refractivity (Wildman–Crippen MR) is 51.2 cm³/mol. The van der Waals surface area contributed by atoms with Crippen molar-refractivity contribution in [1.82, 2.24) is 10.2 Å². The number of likely N-dealkylation sites (tertiary alicyclic amines) is 1. The molecule has 0 bridgehead atoms. The third-order valence-electron chi connectivity index (χ3n) is 2.25. The van der Waals surface area contributed by atoms with E-state index in [9.17, 15) is 14.7 Å². The quantitative estimate of drug-likeness (QED) is 0.444. The number of hydrogen-bond acceptors (Lipinski definition) is 4. The molecule has 1 saturated heterocycles. The highest BCUT2D eigenvalue weighted by molar-refractivity contribution is 5.83. The summed E-state index contributed by atoms with van der Waals surface area (Å²) >= 11 is 0. The van der Waals surface area contributed by atoms with E-state index in [1.165, 1.54) is 0 Å². The van der Waals surface area contributed by atoms with Crippen molar-refractivity contribution < 1.29 is 19.8 Å². The molecule has 1 heterocycles. The van der Waals surface area contributed by atoms with Gasteiger partial charge in [-0.1, -0.05) is 0 Å². The van der Waals surface area contributed by atoms with Crippen molar-refractivity contribution in [3.05, 3.63) is 0 Å². The van der Waals surface area contributed by atoms with Crippen molar-refractivity contribution in [2.45, 2.75) is 18.6 Å². The Labute approximate surface area is 86.8 Å². The van der Waals surface area contributed by atoms with Crippen molar-refractivity contribution >= 4 is 12.0 Å². The fourth-order valence-electron chi connectivity index (χ4n) is 1.55. The number of carboxylic acids is 1. The molecule has 1 aliphatic rings. The zero-order valence-electron chi connectivity index (χ0n) is 8.22. The van der Waals surface area contributed by atoms with E-state index in [-0.39, 0.29) is 19.5 Å². The number of nitrogens with one attached hydrogen (secondary N) is 1. The second kappa shape index (κ2) is 4.94. The fraction of sp³-hybridized carbons (Fsp3) is 0.750. The van der Waals surface area contributed by atoms with Gasteiger partial charge in [0.2, 0.25) is 0 Å². The second-order valence-corrected chi connectivity index (χ2v) is 3.42. The van der Waals surface area contributed by atoms with Crippen LogP contribution in [-0.4, -0.2) is 58.9 Å². The van der Waals surface area contributed by atoms with Gasteiger partial charge in [-0.2, -0.15) is 0 Å². The standard InChI is InChI=1S/C8H15N3O4/c9-1-2-10-8(15)11-4-5(12)3-6(11)7(13)14/h5-6,12H,1-4,9H2,(H,10,15)(H,13,14)/t5-,6-/m1/s1. The van der Waals surface area contributed by atoms with Crippen LogP contribution >= 0.6 is 0 Å². The van der Waals surface area contributed by atoms with Gasteiger partial charge < -0.3 is 26.2 Å². The van der Waals surface area contributed by atoms with Crippen molar-refractivity contribution in [2.75, 3.05) is 19.6 Å². The maximum absolute atomic E-state index is 11.4. The topological polar surface area (TPSA) is 116 Å². The molecule has 1 fully saturated rings. The van der Waals surface area contributed by atoms with E-state index in [0.717, 1.165) is 4.90 Å². The van der Waals surface area contributed by atoms with Crippen LogP contribution in [-0.2, 0) is 4.79 Å². The van der Waals surface area contributed by atoms with E-state index in [1.807, 2.05) is 0 Å². The summed E-state index contributed by atoms with van der Waals surface area (Å²) < 4.78 is 0. The van der Waals surface area contributed by atoms with Gasteiger partial charge in [-0.15, -0.1) is 0 Å². The average Bonchev–Trinajstić information content (AvgIpc) is 2.57. The Balaban J connectivity index is 2.58. The molecule has 1 rings (SSSR count). The highest BCUT2D eigenvalue weighted by Gasteiger charge is 2.38. The summed E-state index contributed by atoms with van der Waals surface area (Å²) in [5.74, 6) is -1.10. The van der Waals surface area contributed by atoms with Crippen LogP contribution in [0.2, 0.25) is 0 Å². The molecule has 0 aromatic heterocycles. The number of hydrogen-bond donors (Lipinski definition) is 4. The molecule has 1 aliphatic heterocycles. The number of aliphatic hydroxyl groups excluding tert-OH is 1. The lowest BCUT2D eigenvalue weighted by Gasteiger charge is -2.21. The molecular weight excluding hydrogens is 202 g/mol. The predicted octanol–water partition coefficient (Wildman–Crippen LogP) is -1.83. The monoisotopic (exact) mass is 217 g/mol. The number of aliphatic carboxylic acids is 1. The van der Waals surface area contributed by atoms with Gasteiger partial charge in [0, 0.05) is 26.1 Å². The summed E-state index contributed by atoms with van der Waals surface area (Å²) in [6.45, 7) is 0.630. The molecule has 0 radical (unpaired) electrons. The summed E-state index contributed by atoms with van der Waals surface area (Å²) in [5, 5.41) is 20.6. The van der Waals surface area contributed by atoms with Crippen LogP contribution in [0.3, 0.4) is 0 Å². The van der Waals surface area contributed by atoms with Crippen LogP contribution in [0, 0.1) is 0 Å². The van der Waals surface area contributed by atoms with Gasteiger partial charge in [-0.25, -0.2) is 9.59 Å². The summed E-state index contributed by atoms with van der Waals surface area (Å²) in [7, 11) is 0. The molecule has 2 atom stereocenters. The number of carboxylic acid groups (broad SMARTS) is 1. The lowest BCUT2D eigenvalue weighted by Crippen LogP contribution is -2.47. The second-order valence-electron chi connectivity index (χ2n) is 3.42. The molecule has 86 valence electrons. The zero-order chi connectivity index (χ0) is 11.4. The van der Waals surface area contributed by atoms with Gasteiger partial charge >= 0.3 is 12.0 Å². The third kappa shape index (κ3) is 2.80. The van der Waals surface area contributed by atoms with E-state index in [1.54, 1.807) is 0 Å². The largest absolute Gasteiger partial charge is 0.480 e. The zero-order valence-corrected chi connectivity index (χ0v) is 8.22. The molecule has 0 spiro atoms. The van der Waals surface area contributed by atoms with Gasteiger partial charge in [-0.3, -0.25) is 0 Å². The number of rotatable bonds is 3. The van der Waals surface area contributed by atoms with Gasteiger partial charge in [0.15, 0.2) is 0 Å². The number of carbonyl (C=O) groups excluding carboxylic acids is 1. The number of aliphatic hydroxyl groups is 1. The van der Waals surface area contributed by atoms with E-state index >= 15 is 0 Å². The molecule has 2 amide bonds. The number of carbonyl (C=O) groups is 2. The first kappa shape index (κ1) is 11.7. The first-order valence-electron chi connectivity index (χ1n) is 4.71. The van der Waals surface area contributed by atoms with Crippen molar-refractivity contribution in [2.24, 2.45) is 5.73 Å². The molecule has 0 aromatic rings. The SMILES string of the molecule is NCCNC(=O)N1C[C@H](O)C[C@@H]1C(=O)O. The number of nitrogens with zero attached hydrogens (tertiary/aromatic N) is 1. The molecule has 15 heavy (non-hydrogen) atoms. The minimum atomic E-state index is -1.10. The minimum absolute atomic E-state index is 0.0490. The van der Waals surface area contributed by atoms with Crippen molar-refractivity contribution in [1.29, 1.82) is 0 Å². The van der Waals surface area contributed by atoms with Crippen LogP contribution in [0.1, 0.15) is 6.42 Å². The van der Waals surface area contributed by atoms with Crippen LogP contribution in [0.15, 0.2) is 0 Å². The Kier molecular flexibility index (Phi) is 3.87. The molecule has 0 aliphatic carbocycles. The first-order chi connectivity index (χ1) is 7.06. The Bertz CT molecular complexity index is 258. The van der Waals surface area contributed by atoms with Gasteiger partial charge in [-0.05, 0) is 0 Å². The fourth-order valence-corrected chi connectivity index (χ4v) is 1.55. The summed E-state index contributed by atoms with van der Waals surface area (Å²) in [6.07, 6.45) is -0.694. The van der Waals surface area contributed by atoms with Crippen LogP contribution < -0.4 is 11.1 Å². The lowest BCUT2D eigenvalue weighted by molar-refractivity contribution is -0.141. The van der Waals surface area contributed by atoms with E-state index in [4.69, 9.17) is 10.8 Å². The molecule has 0 unspecified atom stereocenters. The number of urea groups is 1. The molecular formula is C8H15N3O4. The van der Waals surface area contributed by atoms with Gasteiger partial charge in [0.25, 0.3) is 0 Å². The Morgan fingerprint density at radius 2 is 2.20 bits per heavy atom. The minimum Gasteiger partial charge on any atom is -0.480 e. The maximum atomic E-state index is 11.4. The normalized spacial score (nSPS) is 25.3. The van der Waals surface area contributed by atoms with Gasteiger partial charge in [0.05, 0.1) is 6.10 Å². The Morgan fingerprint density at radius 1 is 1.53 bits per heavy atom. The molecule has 0 aromatic carbocycles. The summed E-state index contributed by atoms with van der Waals surface area (Å²) in [5.41, 5.74) is 5.20. The number of nitrogens with two attached hydrogens (primary N) is 1. The first-order valence-corrected chi connectivity index (χ1v) is 4.71. The summed E-state index contributed by atoms with van der Waals surface area (Å²) in [4.78, 5) is 23.3. The van der Waals surface area contributed by atoms with Crippen LogP contribution in [0.4, 0.5) is 4.79 Å². The van der Waals surface area contributed by atoms with E-state index in [2.05, 4.69) is 5.32 Å². The van der Waals surface area contributed by atoms with Crippen LogP contribution in [0.5, 0.6) is 0 Å². The Morgan fingerprint density at radius 3 is 2.73 bits per heavy atom. The number of amides is 2. The number of β-amino-alcohol motifs (C(OH)–C–C–N with tert-alkyl or cyclic N) is 1. The molecule has 5 N–H and O–H groups in total. The van der Waals surface area contributed by atoms with Crippen molar-refractivity contribution in [3.8, 4) is 0 Å². The Hall–Kier alpha value is -1.34. The third-order valence-corrected chi connectivity index (χ3v) is 2.25. The summed E-state index contributed by atoms with van der Waals surface area (Å²) in [6, 6.07) is -1.44. The average molecular weight is 217 g/mol. The molecule has 0 saturated carbocycles.